The number of rotatable bonds is 5. The normalized spacial score (nSPS) is 18.1. The maximum atomic E-state index is 4.37. The Morgan fingerprint density at radius 2 is 2.33 bits per heavy atom. The van der Waals surface area contributed by atoms with Gasteiger partial charge in [-0.2, -0.15) is 5.10 Å². The van der Waals surface area contributed by atoms with Gasteiger partial charge in [-0.1, -0.05) is 6.92 Å². The highest BCUT2D eigenvalue weighted by atomic mass is 15.3. The molecule has 0 amide bonds. The highest BCUT2D eigenvalue weighted by Gasteiger charge is 2.21. The van der Waals surface area contributed by atoms with Crippen molar-refractivity contribution in [2.24, 2.45) is 13.0 Å². The number of hydrogen-bond acceptors (Lipinski definition) is 2. The molecule has 1 saturated carbocycles. The van der Waals surface area contributed by atoms with Gasteiger partial charge in [0.15, 0.2) is 0 Å². The van der Waals surface area contributed by atoms with Crippen molar-refractivity contribution in [1.29, 1.82) is 0 Å². The zero-order valence-corrected chi connectivity index (χ0v) is 9.95. The van der Waals surface area contributed by atoms with Crippen molar-refractivity contribution in [1.82, 2.24) is 15.1 Å². The van der Waals surface area contributed by atoms with Gasteiger partial charge in [-0.25, -0.2) is 0 Å². The molecule has 1 heterocycles. The van der Waals surface area contributed by atoms with Gasteiger partial charge in [0.05, 0.1) is 5.69 Å². The highest BCUT2D eigenvalue weighted by Crippen LogP contribution is 2.19. The van der Waals surface area contributed by atoms with Gasteiger partial charge >= 0.3 is 0 Å². The monoisotopic (exact) mass is 207 g/mol. The average molecular weight is 207 g/mol. The number of nitrogens with zero attached hydrogens (tertiary/aromatic N) is 2. The van der Waals surface area contributed by atoms with Gasteiger partial charge < -0.3 is 5.32 Å². The lowest BCUT2D eigenvalue weighted by atomic mass is 10.1. The quantitative estimate of drug-likeness (QED) is 0.796. The van der Waals surface area contributed by atoms with Crippen LogP contribution in [0.4, 0.5) is 0 Å². The number of aryl methyl sites for hydroxylation is 2. The van der Waals surface area contributed by atoms with Crippen molar-refractivity contribution in [2.75, 3.05) is 6.54 Å². The average Bonchev–Trinajstić information content (AvgIpc) is 2.92. The van der Waals surface area contributed by atoms with Gasteiger partial charge in [-0.3, -0.25) is 4.68 Å². The fourth-order valence-electron chi connectivity index (χ4n) is 1.94. The Morgan fingerprint density at radius 1 is 1.60 bits per heavy atom. The summed E-state index contributed by atoms with van der Waals surface area (Å²) in [5.41, 5.74) is 2.47. The van der Waals surface area contributed by atoms with Crippen molar-refractivity contribution in [3.05, 3.63) is 17.5 Å². The fourth-order valence-corrected chi connectivity index (χ4v) is 1.94. The van der Waals surface area contributed by atoms with Gasteiger partial charge in [0.2, 0.25) is 0 Å². The molecule has 3 nitrogen and oxygen atoms in total. The summed E-state index contributed by atoms with van der Waals surface area (Å²) in [5, 5.41) is 7.94. The summed E-state index contributed by atoms with van der Waals surface area (Å²) < 4.78 is 2.00. The SMILES string of the molecule is Cc1cc(CC(C)CNC2CC2)n(C)n1. The van der Waals surface area contributed by atoms with Crippen LogP contribution >= 0.6 is 0 Å². The summed E-state index contributed by atoms with van der Waals surface area (Å²) in [7, 11) is 2.03. The summed E-state index contributed by atoms with van der Waals surface area (Å²) in [6, 6.07) is 3.01. The predicted octanol–water partition coefficient (Wildman–Crippen LogP) is 1.66. The van der Waals surface area contributed by atoms with Crippen molar-refractivity contribution < 1.29 is 0 Å². The Morgan fingerprint density at radius 3 is 2.87 bits per heavy atom. The van der Waals surface area contributed by atoms with Crippen molar-refractivity contribution >= 4 is 0 Å². The molecule has 0 aromatic carbocycles. The van der Waals surface area contributed by atoms with Gasteiger partial charge in [0, 0.05) is 18.8 Å². The third kappa shape index (κ3) is 3.06. The first-order valence-electron chi connectivity index (χ1n) is 5.88. The van der Waals surface area contributed by atoms with E-state index >= 15 is 0 Å². The van der Waals surface area contributed by atoms with Crippen LogP contribution in [0, 0.1) is 12.8 Å². The Bertz CT molecular complexity index is 326. The first-order chi connectivity index (χ1) is 7.15. The van der Waals surface area contributed by atoms with Crippen LogP contribution in [-0.2, 0) is 13.5 Å². The minimum atomic E-state index is 0.695. The molecule has 15 heavy (non-hydrogen) atoms. The Labute approximate surface area is 91.9 Å². The molecule has 1 aromatic heterocycles. The Balaban J connectivity index is 1.81. The van der Waals surface area contributed by atoms with Crippen LogP contribution in [0.2, 0.25) is 0 Å². The lowest BCUT2D eigenvalue weighted by Gasteiger charge is -2.12. The molecule has 1 N–H and O–H groups in total. The largest absolute Gasteiger partial charge is 0.314 e. The number of aromatic nitrogens is 2. The van der Waals surface area contributed by atoms with Gasteiger partial charge in [0.25, 0.3) is 0 Å². The Kier molecular flexibility index (Phi) is 3.10. The molecule has 3 heteroatoms. The van der Waals surface area contributed by atoms with E-state index in [9.17, 15) is 0 Å². The van der Waals surface area contributed by atoms with E-state index in [2.05, 4.69) is 30.3 Å². The maximum Gasteiger partial charge on any atom is 0.0596 e. The molecule has 2 rings (SSSR count). The second-order valence-corrected chi connectivity index (χ2v) is 4.89. The predicted molar refractivity (Wildman–Crippen MR) is 61.8 cm³/mol. The van der Waals surface area contributed by atoms with Crippen LogP contribution in [0.1, 0.15) is 31.2 Å². The fraction of sp³-hybridized carbons (Fsp3) is 0.750. The zero-order chi connectivity index (χ0) is 10.8. The number of hydrogen-bond donors (Lipinski definition) is 1. The lowest BCUT2D eigenvalue weighted by Crippen LogP contribution is -2.24. The summed E-state index contributed by atoms with van der Waals surface area (Å²) in [6.45, 7) is 5.49. The van der Waals surface area contributed by atoms with Crippen LogP contribution in [0.15, 0.2) is 6.07 Å². The van der Waals surface area contributed by atoms with Crippen molar-refractivity contribution in [2.45, 2.75) is 39.2 Å². The van der Waals surface area contributed by atoms with E-state index in [1.165, 1.54) is 18.5 Å². The molecule has 1 aliphatic carbocycles. The smallest absolute Gasteiger partial charge is 0.0596 e. The van der Waals surface area contributed by atoms with Crippen molar-refractivity contribution in [3.8, 4) is 0 Å². The van der Waals surface area contributed by atoms with Gasteiger partial charge in [-0.15, -0.1) is 0 Å². The third-order valence-corrected chi connectivity index (χ3v) is 2.99. The lowest BCUT2D eigenvalue weighted by molar-refractivity contribution is 0.493. The van der Waals surface area contributed by atoms with E-state index in [0.29, 0.717) is 5.92 Å². The molecule has 0 bridgehead atoms. The molecular formula is C12H21N3. The minimum absolute atomic E-state index is 0.695. The first kappa shape index (κ1) is 10.7. The standard InChI is InChI=1S/C12H21N3/c1-9(8-13-11-4-5-11)6-12-7-10(2)14-15(12)3/h7,9,11,13H,4-6,8H2,1-3H3. The molecule has 84 valence electrons. The van der Waals surface area contributed by atoms with E-state index in [1.807, 2.05) is 11.7 Å². The molecule has 0 aliphatic heterocycles. The van der Waals surface area contributed by atoms with E-state index in [0.717, 1.165) is 24.7 Å². The van der Waals surface area contributed by atoms with E-state index in [4.69, 9.17) is 0 Å². The van der Waals surface area contributed by atoms with Crippen LogP contribution < -0.4 is 5.32 Å². The molecule has 1 unspecified atom stereocenters. The third-order valence-electron chi connectivity index (χ3n) is 2.99. The topological polar surface area (TPSA) is 29.9 Å². The molecule has 1 aliphatic rings. The van der Waals surface area contributed by atoms with E-state index in [1.54, 1.807) is 0 Å². The first-order valence-corrected chi connectivity index (χ1v) is 5.88. The summed E-state index contributed by atoms with van der Waals surface area (Å²) >= 11 is 0. The summed E-state index contributed by atoms with van der Waals surface area (Å²) in [5.74, 6) is 0.695. The summed E-state index contributed by atoms with van der Waals surface area (Å²) in [6.07, 6.45) is 3.87. The van der Waals surface area contributed by atoms with Gasteiger partial charge in [0.1, 0.15) is 0 Å². The van der Waals surface area contributed by atoms with Crippen molar-refractivity contribution in [3.63, 3.8) is 0 Å². The molecule has 0 saturated heterocycles. The molecular weight excluding hydrogens is 186 g/mol. The van der Waals surface area contributed by atoms with Crippen LogP contribution in [-0.4, -0.2) is 22.4 Å². The zero-order valence-electron chi connectivity index (χ0n) is 9.95. The van der Waals surface area contributed by atoms with Crippen LogP contribution in [0.5, 0.6) is 0 Å². The molecule has 1 aromatic rings. The molecule has 1 fully saturated rings. The van der Waals surface area contributed by atoms with E-state index < -0.39 is 0 Å². The maximum absolute atomic E-state index is 4.37. The molecule has 0 spiro atoms. The second-order valence-electron chi connectivity index (χ2n) is 4.89. The molecule has 0 radical (unpaired) electrons. The van der Waals surface area contributed by atoms with E-state index in [-0.39, 0.29) is 0 Å². The minimum Gasteiger partial charge on any atom is -0.314 e. The second kappa shape index (κ2) is 4.35. The summed E-state index contributed by atoms with van der Waals surface area (Å²) in [4.78, 5) is 0. The molecule has 1 atom stereocenters. The van der Waals surface area contributed by atoms with Crippen LogP contribution in [0.25, 0.3) is 0 Å². The highest BCUT2D eigenvalue weighted by molar-refractivity contribution is 5.09. The Hall–Kier alpha value is -0.830. The number of nitrogens with one attached hydrogen (secondary N) is 1. The van der Waals surface area contributed by atoms with Crippen LogP contribution in [0.3, 0.4) is 0 Å². The van der Waals surface area contributed by atoms with Gasteiger partial charge in [-0.05, 0) is 44.7 Å².